The highest BCUT2D eigenvalue weighted by atomic mass is 35.5. The third-order valence-electron chi connectivity index (χ3n) is 4.55. The summed E-state index contributed by atoms with van der Waals surface area (Å²) < 4.78 is 38.5. The van der Waals surface area contributed by atoms with Gasteiger partial charge < -0.3 is 0 Å². The van der Waals surface area contributed by atoms with Gasteiger partial charge in [0.1, 0.15) is 0 Å². The molecule has 0 radical (unpaired) electrons. The number of thioether (sulfide) groups is 1. The summed E-state index contributed by atoms with van der Waals surface area (Å²) in [7, 11) is 0. The first-order chi connectivity index (χ1) is 15.2. The monoisotopic (exact) mass is 488 g/mol. The van der Waals surface area contributed by atoms with E-state index in [9.17, 15) is 22.8 Å². The van der Waals surface area contributed by atoms with E-state index < -0.39 is 17.8 Å². The number of fused-ring (bicyclic) bond motifs is 1. The van der Waals surface area contributed by atoms with Crippen LogP contribution in [0.1, 0.15) is 18.1 Å². The van der Waals surface area contributed by atoms with E-state index in [2.05, 4.69) is 10.9 Å². The second-order valence-corrected chi connectivity index (χ2v) is 8.13. The van der Waals surface area contributed by atoms with Crippen molar-refractivity contribution >= 4 is 41.0 Å². The van der Waals surface area contributed by atoms with Crippen LogP contribution in [-0.2, 0) is 22.4 Å². The Labute approximate surface area is 191 Å². The van der Waals surface area contributed by atoms with Crippen molar-refractivity contribution in [1.29, 1.82) is 0 Å². The zero-order chi connectivity index (χ0) is 23.3. The number of halogens is 4. The number of amides is 3. The van der Waals surface area contributed by atoms with Crippen molar-refractivity contribution in [3.05, 3.63) is 58.6 Å². The normalized spacial score (nSPS) is 13.1. The van der Waals surface area contributed by atoms with Gasteiger partial charge in [-0.25, -0.2) is 15.7 Å². The first-order valence-electron chi connectivity index (χ1n) is 9.45. The quantitative estimate of drug-likeness (QED) is 0.446. The van der Waals surface area contributed by atoms with Crippen LogP contribution in [0.3, 0.4) is 0 Å². The third-order valence-corrected chi connectivity index (χ3v) is 5.94. The molecule has 172 valence electrons. The van der Waals surface area contributed by atoms with Gasteiger partial charge in [0.15, 0.2) is 0 Å². The van der Waals surface area contributed by atoms with Crippen molar-refractivity contribution < 1.29 is 27.6 Å². The maximum Gasteiger partial charge on any atom is 0.416 e. The molecule has 0 aliphatic carbocycles. The van der Waals surface area contributed by atoms with E-state index in [0.717, 1.165) is 29.5 Å². The highest BCUT2D eigenvalue weighted by Gasteiger charge is 2.33. The van der Waals surface area contributed by atoms with Crippen LogP contribution in [0.2, 0.25) is 5.02 Å². The molecule has 0 atom stereocenters. The number of nitrogens with zero attached hydrogens (tertiary/aromatic N) is 2. The van der Waals surface area contributed by atoms with Gasteiger partial charge in [0.2, 0.25) is 5.91 Å². The molecule has 1 aliphatic rings. The standard InChI is InChI=1S/C20H20ClF3N4O3S/c1-13(29)28(25-11-14-4-2-3-5-16(14)21)8-9-31-26-19(30)27-12-32-18-10-15(20(22,23)24)6-7-17(18)27/h2-7,10,25H,8-9,11-12H2,1H3,(H,26,30). The molecule has 0 bridgehead atoms. The number of carbonyl (C=O) groups excluding carboxylic acids is 2. The van der Waals surface area contributed by atoms with Gasteiger partial charge >= 0.3 is 12.2 Å². The number of anilines is 1. The van der Waals surface area contributed by atoms with E-state index >= 15 is 0 Å². The third kappa shape index (κ3) is 6.06. The summed E-state index contributed by atoms with van der Waals surface area (Å²) in [5.74, 6) is -0.0949. The Bertz CT molecular complexity index is 993. The first-order valence-corrected chi connectivity index (χ1v) is 10.8. The van der Waals surface area contributed by atoms with E-state index in [1.54, 1.807) is 12.1 Å². The average molecular weight is 489 g/mol. The molecule has 2 aromatic carbocycles. The van der Waals surface area contributed by atoms with Gasteiger partial charge in [0.05, 0.1) is 30.3 Å². The van der Waals surface area contributed by atoms with Crippen LogP contribution in [0, 0.1) is 0 Å². The summed E-state index contributed by atoms with van der Waals surface area (Å²) in [6, 6.07) is 9.80. The summed E-state index contributed by atoms with van der Waals surface area (Å²) >= 11 is 7.22. The lowest BCUT2D eigenvalue weighted by atomic mass is 10.2. The van der Waals surface area contributed by atoms with E-state index in [1.807, 2.05) is 12.1 Å². The van der Waals surface area contributed by atoms with Crippen LogP contribution in [0.5, 0.6) is 0 Å². The Hall–Kier alpha value is -2.47. The topological polar surface area (TPSA) is 73.9 Å². The molecule has 2 aromatic rings. The minimum atomic E-state index is -4.45. The van der Waals surface area contributed by atoms with Gasteiger partial charge in [-0.05, 0) is 29.8 Å². The Morgan fingerprint density at radius 2 is 2.00 bits per heavy atom. The number of alkyl halides is 3. The van der Waals surface area contributed by atoms with Crippen LogP contribution in [0.4, 0.5) is 23.7 Å². The molecule has 0 unspecified atom stereocenters. The predicted octanol–water partition coefficient (Wildman–Crippen LogP) is 4.42. The van der Waals surface area contributed by atoms with Crippen molar-refractivity contribution in [2.24, 2.45) is 0 Å². The molecule has 0 fully saturated rings. The van der Waals surface area contributed by atoms with Crippen molar-refractivity contribution in [2.45, 2.75) is 24.5 Å². The lowest BCUT2D eigenvalue weighted by Crippen LogP contribution is -2.45. The van der Waals surface area contributed by atoms with Crippen LogP contribution in [-0.4, -0.2) is 36.0 Å². The van der Waals surface area contributed by atoms with Gasteiger partial charge in [-0.15, -0.1) is 11.8 Å². The molecule has 0 aromatic heterocycles. The Morgan fingerprint density at radius 1 is 1.25 bits per heavy atom. The minimum Gasteiger partial charge on any atom is -0.282 e. The predicted molar refractivity (Wildman–Crippen MR) is 115 cm³/mol. The van der Waals surface area contributed by atoms with Gasteiger partial charge in [0, 0.05) is 23.4 Å². The van der Waals surface area contributed by atoms with Crippen LogP contribution in [0.25, 0.3) is 0 Å². The van der Waals surface area contributed by atoms with E-state index in [-0.39, 0.29) is 24.9 Å². The number of benzene rings is 2. The SMILES string of the molecule is CC(=O)N(CCONC(=O)N1CSc2cc(C(F)(F)F)ccc21)NCc1ccccc1Cl. The molecule has 0 saturated heterocycles. The molecule has 0 spiro atoms. The van der Waals surface area contributed by atoms with Gasteiger partial charge in [0.25, 0.3) is 0 Å². The molecule has 32 heavy (non-hydrogen) atoms. The van der Waals surface area contributed by atoms with Crippen molar-refractivity contribution in [1.82, 2.24) is 15.9 Å². The summed E-state index contributed by atoms with van der Waals surface area (Å²) in [6.07, 6.45) is -4.45. The lowest BCUT2D eigenvalue weighted by molar-refractivity contribution is -0.137. The molecule has 1 heterocycles. The number of hydroxylamine groups is 1. The fraction of sp³-hybridized carbons (Fsp3) is 0.300. The molecule has 12 heteroatoms. The fourth-order valence-electron chi connectivity index (χ4n) is 2.88. The molecule has 0 saturated carbocycles. The van der Waals surface area contributed by atoms with Crippen LogP contribution >= 0.6 is 23.4 Å². The van der Waals surface area contributed by atoms with Crippen LogP contribution in [0.15, 0.2) is 47.4 Å². The fourth-order valence-corrected chi connectivity index (χ4v) is 4.14. The second-order valence-electron chi connectivity index (χ2n) is 6.73. The number of hydrogen-bond acceptors (Lipinski definition) is 5. The minimum absolute atomic E-state index is 0.0122. The van der Waals surface area contributed by atoms with Gasteiger partial charge in [-0.2, -0.15) is 13.2 Å². The maximum atomic E-state index is 12.8. The second kappa shape index (κ2) is 10.4. The lowest BCUT2D eigenvalue weighted by Gasteiger charge is -2.23. The van der Waals surface area contributed by atoms with E-state index in [0.29, 0.717) is 22.2 Å². The van der Waals surface area contributed by atoms with Gasteiger partial charge in [-0.1, -0.05) is 29.8 Å². The maximum absolute atomic E-state index is 12.8. The number of nitrogens with one attached hydrogen (secondary N) is 2. The highest BCUT2D eigenvalue weighted by Crippen LogP contribution is 2.42. The molecule has 3 rings (SSSR count). The van der Waals surface area contributed by atoms with Gasteiger partial charge in [-0.3, -0.25) is 19.5 Å². The number of hydrazine groups is 1. The zero-order valence-corrected chi connectivity index (χ0v) is 18.5. The number of rotatable bonds is 7. The summed E-state index contributed by atoms with van der Waals surface area (Å²) in [4.78, 5) is 31.0. The summed E-state index contributed by atoms with van der Waals surface area (Å²) in [5.41, 5.74) is 5.62. The smallest absolute Gasteiger partial charge is 0.282 e. The van der Waals surface area contributed by atoms with E-state index in [1.165, 1.54) is 22.9 Å². The Balaban J connectivity index is 1.47. The highest BCUT2D eigenvalue weighted by molar-refractivity contribution is 8.00. The first kappa shape index (κ1) is 24.2. The molecule has 3 amide bonds. The Kier molecular flexibility index (Phi) is 7.88. The number of hydrogen-bond donors (Lipinski definition) is 2. The molecule has 2 N–H and O–H groups in total. The summed E-state index contributed by atoms with van der Waals surface area (Å²) in [5, 5.41) is 1.90. The molecule has 1 aliphatic heterocycles. The van der Waals surface area contributed by atoms with Crippen molar-refractivity contribution in [3.8, 4) is 0 Å². The molecular weight excluding hydrogens is 469 g/mol. The number of carbonyl (C=O) groups is 2. The molecule has 7 nitrogen and oxygen atoms in total. The van der Waals surface area contributed by atoms with Crippen molar-refractivity contribution in [2.75, 3.05) is 23.9 Å². The summed E-state index contributed by atoms with van der Waals surface area (Å²) in [6.45, 7) is 1.83. The van der Waals surface area contributed by atoms with E-state index in [4.69, 9.17) is 16.4 Å². The number of urea groups is 1. The van der Waals surface area contributed by atoms with Crippen LogP contribution < -0.4 is 15.8 Å². The average Bonchev–Trinajstić information content (AvgIpc) is 3.16. The zero-order valence-electron chi connectivity index (χ0n) is 16.9. The largest absolute Gasteiger partial charge is 0.416 e. The Morgan fingerprint density at radius 3 is 2.69 bits per heavy atom. The van der Waals surface area contributed by atoms with Crippen molar-refractivity contribution in [3.63, 3.8) is 0 Å². The molecular formula is C20H20ClF3N4O3S.